The minimum absolute atomic E-state index is 0.00454. The van der Waals surface area contributed by atoms with Gasteiger partial charge in [0.1, 0.15) is 11.0 Å². The van der Waals surface area contributed by atoms with Crippen LogP contribution in [-0.2, 0) is 10.2 Å². The molecule has 0 aliphatic heterocycles. The predicted molar refractivity (Wildman–Crippen MR) is 138 cm³/mol. The first kappa shape index (κ1) is 25.1. The van der Waals surface area contributed by atoms with Crippen molar-refractivity contribution in [2.24, 2.45) is 5.92 Å². The quantitative estimate of drug-likeness (QED) is 0.391. The van der Waals surface area contributed by atoms with Gasteiger partial charge >= 0.3 is 0 Å². The second kappa shape index (κ2) is 10.6. The maximum atomic E-state index is 13.1. The molecule has 8 heteroatoms. The van der Waals surface area contributed by atoms with Gasteiger partial charge in [-0.25, -0.2) is 0 Å². The van der Waals surface area contributed by atoms with Gasteiger partial charge in [0.05, 0.1) is 0 Å². The molecule has 0 saturated carbocycles. The van der Waals surface area contributed by atoms with Gasteiger partial charge in [-0.15, -0.1) is 10.2 Å². The Kier molecular flexibility index (Phi) is 8.02. The number of nitrogens with zero attached hydrogens (tertiary/aromatic N) is 2. The number of hydrogen-bond acceptors (Lipinski definition) is 5. The van der Waals surface area contributed by atoms with E-state index in [2.05, 4.69) is 57.5 Å². The van der Waals surface area contributed by atoms with Crippen LogP contribution in [0.4, 0.5) is 5.13 Å². The van der Waals surface area contributed by atoms with E-state index in [1.807, 2.05) is 50.2 Å². The van der Waals surface area contributed by atoms with Gasteiger partial charge in [0.25, 0.3) is 5.91 Å². The van der Waals surface area contributed by atoms with Gasteiger partial charge in [-0.1, -0.05) is 92.6 Å². The zero-order chi connectivity index (χ0) is 24.2. The summed E-state index contributed by atoms with van der Waals surface area (Å²) in [6.45, 7) is 10.3. The lowest BCUT2D eigenvalue weighted by atomic mass is 9.86. The van der Waals surface area contributed by atoms with Crippen molar-refractivity contribution in [3.8, 4) is 10.6 Å². The van der Waals surface area contributed by atoms with Crippen LogP contribution >= 0.6 is 27.3 Å². The Morgan fingerprint density at radius 3 is 2.39 bits per heavy atom. The lowest BCUT2D eigenvalue weighted by molar-refractivity contribution is -0.119. The first-order valence-corrected chi connectivity index (χ1v) is 12.5. The van der Waals surface area contributed by atoms with Gasteiger partial charge in [0, 0.05) is 15.6 Å². The van der Waals surface area contributed by atoms with Crippen molar-refractivity contribution < 1.29 is 9.59 Å². The monoisotopic (exact) mass is 528 g/mol. The topological polar surface area (TPSA) is 84.0 Å². The van der Waals surface area contributed by atoms with Crippen molar-refractivity contribution in [2.45, 2.75) is 52.5 Å². The van der Waals surface area contributed by atoms with Crippen LogP contribution in [0.15, 0.2) is 53.0 Å². The van der Waals surface area contributed by atoms with Gasteiger partial charge in [-0.3, -0.25) is 14.9 Å². The molecule has 0 radical (unpaired) electrons. The summed E-state index contributed by atoms with van der Waals surface area (Å²) in [5.41, 5.74) is 2.59. The number of halogens is 1. The van der Waals surface area contributed by atoms with Crippen LogP contribution in [0.3, 0.4) is 0 Å². The van der Waals surface area contributed by atoms with Crippen molar-refractivity contribution in [1.29, 1.82) is 0 Å². The second-order valence-corrected chi connectivity index (χ2v) is 11.0. The summed E-state index contributed by atoms with van der Waals surface area (Å²) < 4.78 is 0.941. The molecule has 3 aromatic rings. The fraction of sp³-hybridized carbons (Fsp3) is 0.360. The maximum absolute atomic E-state index is 13.1. The van der Waals surface area contributed by atoms with Gasteiger partial charge in [0.2, 0.25) is 11.0 Å². The number of hydrogen-bond donors (Lipinski definition) is 2. The second-order valence-electron chi connectivity index (χ2n) is 9.08. The number of benzene rings is 2. The molecule has 2 amide bonds. The van der Waals surface area contributed by atoms with Crippen molar-refractivity contribution in [1.82, 2.24) is 15.5 Å². The van der Waals surface area contributed by atoms with Gasteiger partial charge < -0.3 is 5.32 Å². The highest BCUT2D eigenvalue weighted by atomic mass is 79.9. The molecule has 0 aliphatic rings. The van der Waals surface area contributed by atoms with Crippen LogP contribution in [0.25, 0.3) is 10.6 Å². The molecule has 0 spiro atoms. The number of nitrogens with one attached hydrogen (secondary N) is 2. The highest BCUT2D eigenvalue weighted by Gasteiger charge is 2.27. The fourth-order valence-corrected chi connectivity index (χ4v) is 4.39. The third-order valence-electron chi connectivity index (χ3n) is 5.52. The number of anilines is 1. The maximum Gasteiger partial charge on any atom is 0.251 e. The molecule has 0 aliphatic carbocycles. The SMILES string of the molecule is CC[C@H](C)[C@H](NC(=O)c1ccc(C(C)(C)C)cc1)C(=O)Nc1nnc(-c2cccc(Br)c2)s1. The number of aromatic nitrogens is 2. The minimum Gasteiger partial charge on any atom is -0.340 e. The summed E-state index contributed by atoms with van der Waals surface area (Å²) >= 11 is 4.74. The Morgan fingerprint density at radius 2 is 1.79 bits per heavy atom. The number of carbonyl (C=O) groups is 2. The van der Waals surface area contributed by atoms with E-state index in [9.17, 15) is 9.59 Å². The van der Waals surface area contributed by atoms with Crippen molar-refractivity contribution in [3.63, 3.8) is 0 Å². The van der Waals surface area contributed by atoms with Crippen LogP contribution in [0, 0.1) is 5.92 Å². The van der Waals surface area contributed by atoms with Crippen LogP contribution in [-0.4, -0.2) is 28.1 Å². The molecular formula is C25H29BrN4O2S. The van der Waals surface area contributed by atoms with E-state index >= 15 is 0 Å². The standard InChI is InChI=1S/C25H29BrN4O2S/c1-6-15(2)20(27-21(31)16-10-12-18(13-11-16)25(3,4)5)22(32)28-24-30-29-23(33-24)17-8-7-9-19(26)14-17/h7-15,20H,6H2,1-5H3,(H,27,31)(H,28,30,32)/t15-,20-/m0/s1. The molecule has 1 heterocycles. The highest BCUT2D eigenvalue weighted by molar-refractivity contribution is 9.10. The van der Waals surface area contributed by atoms with E-state index in [0.717, 1.165) is 22.0 Å². The molecule has 33 heavy (non-hydrogen) atoms. The molecule has 1 aromatic heterocycles. The molecule has 6 nitrogen and oxygen atoms in total. The van der Waals surface area contributed by atoms with Crippen LogP contribution in [0.2, 0.25) is 0 Å². The molecule has 3 rings (SSSR count). The smallest absolute Gasteiger partial charge is 0.251 e. The van der Waals surface area contributed by atoms with Crippen molar-refractivity contribution >= 4 is 44.2 Å². The molecule has 0 saturated heterocycles. The molecule has 0 fully saturated rings. The lowest BCUT2D eigenvalue weighted by Crippen LogP contribution is -2.47. The summed E-state index contributed by atoms with van der Waals surface area (Å²) in [5, 5.41) is 15.1. The highest BCUT2D eigenvalue weighted by Crippen LogP contribution is 2.28. The minimum atomic E-state index is -0.692. The van der Waals surface area contributed by atoms with Crippen molar-refractivity contribution in [3.05, 3.63) is 64.1 Å². The average molecular weight is 530 g/mol. The number of rotatable bonds is 7. The average Bonchev–Trinajstić information content (AvgIpc) is 3.24. The normalized spacial score (nSPS) is 13.3. The summed E-state index contributed by atoms with van der Waals surface area (Å²) in [7, 11) is 0. The molecule has 2 aromatic carbocycles. The zero-order valence-electron chi connectivity index (χ0n) is 19.5. The molecule has 174 valence electrons. The molecular weight excluding hydrogens is 500 g/mol. The van der Waals surface area contributed by atoms with Gasteiger partial charge in [0.15, 0.2) is 0 Å². The Bertz CT molecular complexity index is 1120. The van der Waals surface area contributed by atoms with Gasteiger partial charge in [-0.05, 0) is 41.2 Å². The van der Waals surface area contributed by atoms with E-state index in [1.165, 1.54) is 11.3 Å². The number of carbonyl (C=O) groups excluding carboxylic acids is 2. The Morgan fingerprint density at radius 1 is 1.09 bits per heavy atom. The summed E-state index contributed by atoms with van der Waals surface area (Å²) in [6, 6.07) is 14.6. The summed E-state index contributed by atoms with van der Waals surface area (Å²) in [6.07, 6.45) is 0.737. The first-order chi connectivity index (χ1) is 15.6. The van der Waals surface area contributed by atoms with Crippen LogP contribution in [0.1, 0.15) is 57.0 Å². The fourth-order valence-electron chi connectivity index (χ4n) is 3.24. The Hall–Kier alpha value is -2.58. The van der Waals surface area contributed by atoms with E-state index in [-0.39, 0.29) is 23.1 Å². The third kappa shape index (κ3) is 6.48. The zero-order valence-corrected chi connectivity index (χ0v) is 21.9. The van der Waals surface area contributed by atoms with E-state index in [4.69, 9.17) is 0 Å². The van der Waals surface area contributed by atoms with Crippen molar-refractivity contribution in [2.75, 3.05) is 5.32 Å². The lowest BCUT2D eigenvalue weighted by Gasteiger charge is -2.23. The molecule has 2 atom stereocenters. The summed E-state index contributed by atoms with van der Waals surface area (Å²) in [5.74, 6) is -0.635. The molecule has 2 N–H and O–H groups in total. The van der Waals surface area contributed by atoms with E-state index in [1.54, 1.807) is 12.1 Å². The Balaban J connectivity index is 1.72. The predicted octanol–water partition coefficient (Wildman–Crippen LogP) is 6.05. The van der Waals surface area contributed by atoms with E-state index in [0.29, 0.717) is 15.7 Å². The van der Waals surface area contributed by atoms with Crippen LogP contribution in [0.5, 0.6) is 0 Å². The van der Waals surface area contributed by atoms with Crippen LogP contribution < -0.4 is 10.6 Å². The third-order valence-corrected chi connectivity index (χ3v) is 6.90. The largest absolute Gasteiger partial charge is 0.340 e. The molecule has 0 bridgehead atoms. The molecule has 0 unspecified atom stereocenters. The van der Waals surface area contributed by atoms with E-state index < -0.39 is 6.04 Å². The van der Waals surface area contributed by atoms with Gasteiger partial charge in [-0.2, -0.15) is 0 Å². The number of amides is 2. The Labute approximate surface area is 207 Å². The summed E-state index contributed by atoms with van der Waals surface area (Å²) in [4.78, 5) is 26.0. The first-order valence-electron chi connectivity index (χ1n) is 10.9.